The molecule has 98 valence electrons. The topological polar surface area (TPSA) is 77.5 Å². The molecule has 1 saturated carbocycles. The monoisotopic (exact) mass is 262 g/mol. The minimum absolute atomic E-state index is 0.0825. The third kappa shape index (κ3) is 4.46. The van der Waals surface area contributed by atoms with Gasteiger partial charge in [-0.25, -0.2) is 8.42 Å². The molecule has 0 N–H and O–H groups in total. The number of carbonyl (C=O) groups excluding carboxylic acids is 2. The van der Waals surface area contributed by atoms with Gasteiger partial charge in [0, 0.05) is 6.42 Å². The maximum absolute atomic E-state index is 11.8. The van der Waals surface area contributed by atoms with Crippen LogP contribution in [0.4, 0.5) is 0 Å². The number of methoxy groups -OCH3 is 1. The van der Waals surface area contributed by atoms with Crippen LogP contribution in [0.3, 0.4) is 0 Å². The van der Waals surface area contributed by atoms with Crippen LogP contribution in [-0.2, 0) is 24.2 Å². The predicted octanol–water partition coefficient (Wildman–Crippen LogP) is 0.724. The molecule has 0 radical (unpaired) electrons. The van der Waals surface area contributed by atoms with Gasteiger partial charge in [0.25, 0.3) is 0 Å². The van der Waals surface area contributed by atoms with Crippen molar-refractivity contribution in [1.29, 1.82) is 0 Å². The van der Waals surface area contributed by atoms with E-state index in [1.165, 1.54) is 7.11 Å². The molecule has 0 aromatic heterocycles. The molecule has 1 fully saturated rings. The Morgan fingerprint density at radius 2 is 1.88 bits per heavy atom. The van der Waals surface area contributed by atoms with Gasteiger partial charge in [0.15, 0.2) is 9.84 Å². The maximum Gasteiger partial charge on any atom is 0.306 e. The van der Waals surface area contributed by atoms with E-state index >= 15 is 0 Å². The summed E-state index contributed by atoms with van der Waals surface area (Å²) in [7, 11) is -2.11. The highest BCUT2D eigenvalue weighted by Gasteiger charge is 2.48. The smallest absolute Gasteiger partial charge is 0.306 e. The van der Waals surface area contributed by atoms with Gasteiger partial charge in [0.2, 0.25) is 0 Å². The van der Waals surface area contributed by atoms with Crippen LogP contribution in [0.25, 0.3) is 0 Å². The Bertz CT molecular complexity index is 406. The van der Waals surface area contributed by atoms with Gasteiger partial charge in [0.1, 0.15) is 11.5 Å². The number of esters is 1. The van der Waals surface area contributed by atoms with E-state index in [1.807, 2.05) is 0 Å². The molecule has 0 aromatic carbocycles. The molecule has 1 aliphatic rings. The lowest BCUT2D eigenvalue weighted by Gasteiger charge is -2.13. The van der Waals surface area contributed by atoms with Gasteiger partial charge in [-0.1, -0.05) is 6.92 Å². The van der Waals surface area contributed by atoms with Crippen LogP contribution >= 0.6 is 0 Å². The number of ketones is 1. The van der Waals surface area contributed by atoms with Crippen LogP contribution in [0, 0.1) is 5.41 Å². The SMILES string of the molecule is CCC(=O)CS(=O)(=O)CC1(CC(=O)OC)CC1. The third-order valence-corrected chi connectivity index (χ3v) is 4.82. The minimum Gasteiger partial charge on any atom is -0.469 e. The van der Waals surface area contributed by atoms with E-state index in [1.54, 1.807) is 6.92 Å². The van der Waals surface area contributed by atoms with E-state index in [0.717, 1.165) is 0 Å². The van der Waals surface area contributed by atoms with Crippen LogP contribution in [0.2, 0.25) is 0 Å². The van der Waals surface area contributed by atoms with Crippen LogP contribution in [0.15, 0.2) is 0 Å². The Balaban J connectivity index is 2.58. The molecule has 0 aromatic rings. The Morgan fingerprint density at radius 3 is 2.29 bits per heavy atom. The van der Waals surface area contributed by atoms with Gasteiger partial charge in [-0.3, -0.25) is 9.59 Å². The Hall–Kier alpha value is -0.910. The molecule has 17 heavy (non-hydrogen) atoms. The van der Waals surface area contributed by atoms with E-state index in [9.17, 15) is 18.0 Å². The molecule has 6 heteroatoms. The molecule has 5 nitrogen and oxygen atoms in total. The fraction of sp³-hybridized carbons (Fsp3) is 0.818. The second-order valence-electron chi connectivity index (χ2n) is 4.68. The molecule has 0 unspecified atom stereocenters. The first-order valence-corrected chi connectivity index (χ1v) is 7.43. The first kappa shape index (κ1) is 14.2. The number of carbonyl (C=O) groups is 2. The van der Waals surface area contributed by atoms with E-state index in [4.69, 9.17) is 0 Å². The lowest BCUT2D eigenvalue weighted by atomic mass is 10.1. The average Bonchev–Trinajstić information content (AvgIpc) is 2.95. The molecule has 0 heterocycles. The summed E-state index contributed by atoms with van der Waals surface area (Å²) >= 11 is 0. The molecule has 0 saturated heterocycles. The van der Waals surface area contributed by atoms with Crippen molar-refractivity contribution < 1.29 is 22.7 Å². The number of sulfone groups is 1. The Labute approximate surface area is 101 Å². The zero-order chi connectivity index (χ0) is 13.1. The van der Waals surface area contributed by atoms with Crippen molar-refractivity contribution in [1.82, 2.24) is 0 Å². The van der Waals surface area contributed by atoms with Crippen molar-refractivity contribution in [2.24, 2.45) is 5.41 Å². The maximum atomic E-state index is 11.8. The van der Waals surface area contributed by atoms with Crippen molar-refractivity contribution in [2.75, 3.05) is 18.6 Å². The highest BCUT2D eigenvalue weighted by molar-refractivity contribution is 7.92. The molecular weight excluding hydrogens is 244 g/mol. The molecule has 0 amide bonds. The lowest BCUT2D eigenvalue weighted by molar-refractivity contribution is -0.141. The second-order valence-corrected chi connectivity index (χ2v) is 6.74. The largest absolute Gasteiger partial charge is 0.469 e. The van der Waals surface area contributed by atoms with E-state index in [2.05, 4.69) is 4.74 Å². The second kappa shape index (κ2) is 5.16. The Morgan fingerprint density at radius 1 is 1.29 bits per heavy atom. The van der Waals surface area contributed by atoms with Crippen molar-refractivity contribution in [3.63, 3.8) is 0 Å². The van der Waals surface area contributed by atoms with Crippen LogP contribution < -0.4 is 0 Å². The van der Waals surface area contributed by atoms with Gasteiger partial charge in [-0.05, 0) is 18.3 Å². The van der Waals surface area contributed by atoms with Gasteiger partial charge >= 0.3 is 5.97 Å². The standard InChI is InChI=1S/C11H18O5S/c1-3-9(12)7-17(14,15)8-11(4-5-11)6-10(13)16-2/h3-8H2,1-2H3. The number of hydrogen-bond donors (Lipinski definition) is 0. The average molecular weight is 262 g/mol. The zero-order valence-electron chi connectivity index (χ0n) is 10.2. The first-order chi connectivity index (χ1) is 7.82. The summed E-state index contributed by atoms with van der Waals surface area (Å²) in [5.74, 6) is -1.16. The fourth-order valence-corrected chi connectivity index (χ4v) is 3.91. The summed E-state index contributed by atoms with van der Waals surface area (Å²) in [6.45, 7) is 1.64. The molecular formula is C11H18O5S. The van der Waals surface area contributed by atoms with Gasteiger partial charge in [-0.15, -0.1) is 0 Å². The lowest BCUT2D eigenvalue weighted by Crippen LogP contribution is -2.26. The first-order valence-electron chi connectivity index (χ1n) is 5.61. The molecule has 0 aliphatic heterocycles. The van der Waals surface area contributed by atoms with Crippen LogP contribution in [0.1, 0.15) is 32.6 Å². The third-order valence-electron chi connectivity index (χ3n) is 3.01. The summed E-state index contributed by atoms with van der Waals surface area (Å²) < 4.78 is 28.0. The molecule has 0 atom stereocenters. The summed E-state index contributed by atoms with van der Waals surface area (Å²) in [5.41, 5.74) is -0.472. The molecule has 1 rings (SSSR count). The number of Topliss-reactive ketones (excluding diaryl/α,β-unsaturated/α-hetero) is 1. The summed E-state index contributed by atoms with van der Waals surface area (Å²) in [6.07, 6.45) is 1.77. The molecule has 1 aliphatic carbocycles. The van der Waals surface area contributed by atoms with E-state index in [-0.39, 0.29) is 30.3 Å². The molecule has 0 bridgehead atoms. The van der Waals surface area contributed by atoms with Crippen molar-refractivity contribution in [3.05, 3.63) is 0 Å². The van der Waals surface area contributed by atoms with E-state index < -0.39 is 21.0 Å². The quantitative estimate of drug-likeness (QED) is 0.632. The summed E-state index contributed by atoms with van der Waals surface area (Å²) in [6, 6.07) is 0. The van der Waals surface area contributed by atoms with Gasteiger partial charge in [-0.2, -0.15) is 0 Å². The highest BCUT2D eigenvalue weighted by atomic mass is 32.2. The van der Waals surface area contributed by atoms with Gasteiger partial charge < -0.3 is 4.74 Å². The van der Waals surface area contributed by atoms with Gasteiger partial charge in [0.05, 0.1) is 19.3 Å². The van der Waals surface area contributed by atoms with Crippen molar-refractivity contribution in [3.8, 4) is 0 Å². The van der Waals surface area contributed by atoms with Crippen LogP contribution in [-0.4, -0.2) is 38.8 Å². The number of rotatable bonds is 7. The summed E-state index contributed by atoms with van der Waals surface area (Å²) in [4.78, 5) is 22.3. The molecule has 0 spiro atoms. The Kier molecular flexibility index (Phi) is 4.30. The van der Waals surface area contributed by atoms with E-state index in [0.29, 0.717) is 12.8 Å². The zero-order valence-corrected chi connectivity index (χ0v) is 11.0. The van der Waals surface area contributed by atoms with Crippen molar-refractivity contribution in [2.45, 2.75) is 32.6 Å². The normalized spacial score (nSPS) is 17.5. The number of ether oxygens (including phenoxy) is 1. The fourth-order valence-electron chi connectivity index (χ4n) is 1.79. The highest BCUT2D eigenvalue weighted by Crippen LogP contribution is 2.50. The summed E-state index contributed by atoms with van der Waals surface area (Å²) in [5, 5.41) is 0. The van der Waals surface area contributed by atoms with Crippen molar-refractivity contribution >= 4 is 21.6 Å². The predicted molar refractivity (Wildman–Crippen MR) is 62.3 cm³/mol. The number of hydrogen-bond acceptors (Lipinski definition) is 5. The minimum atomic E-state index is -3.40. The van der Waals surface area contributed by atoms with Crippen LogP contribution in [0.5, 0.6) is 0 Å².